The minimum atomic E-state index is 0.129. The van der Waals surface area contributed by atoms with Crippen LogP contribution >= 0.6 is 0 Å². The molecule has 0 fully saturated rings. The molecule has 3 N–H and O–H groups in total. The predicted octanol–water partition coefficient (Wildman–Crippen LogP) is 4.50. The molecule has 3 heteroatoms. The van der Waals surface area contributed by atoms with Crippen LogP contribution in [-0.4, -0.2) is 5.21 Å². The van der Waals surface area contributed by atoms with E-state index in [2.05, 4.69) is 66.3 Å². The summed E-state index contributed by atoms with van der Waals surface area (Å²) in [5, 5.41) is 13.5. The summed E-state index contributed by atoms with van der Waals surface area (Å²) < 4.78 is 0. The van der Waals surface area contributed by atoms with Gasteiger partial charge in [-0.15, -0.1) is 0 Å². The second-order valence-corrected chi connectivity index (χ2v) is 6.04. The average Bonchev–Trinajstić information content (AvgIpc) is 2.63. The molecule has 23 heavy (non-hydrogen) atoms. The highest BCUT2D eigenvalue weighted by molar-refractivity contribution is 5.35. The molecule has 0 aliphatic carbocycles. The monoisotopic (exact) mass is 308 g/mol. The fourth-order valence-electron chi connectivity index (χ4n) is 3.39. The zero-order valence-corrected chi connectivity index (χ0v) is 13.5. The maximum Gasteiger partial charge on any atom is 0.0561 e. The summed E-state index contributed by atoms with van der Waals surface area (Å²) in [5.41, 5.74) is 7.17. The predicted molar refractivity (Wildman–Crippen MR) is 93.0 cm³/mol. The first-order chi connectivity index (χ1) is 11.3. The summed E-state index contributed by atoms with van der Waals surface area (Å²) in [7, 11) is 0. The van der Waals surface area contributed by atoms with E-state index in [1.165, 1.54) is 16.7 Å². The molecule has 3 nitrogen and oxygen atoms in total. The van der Waals surface area contributed by atoms with Crippen molar-refractivity contribution in [1.82, 2.24) is 10.8 Å². The number of hydroxylamine groups is 1. The molecule has 2 aromatic carbocycles. The molecular formula is C20H24N2O. The van der Waals surface area contributed by atoms with Crippen molar-refractivity contribution in [2.75, 3.05) is 0 Å². The van der Waals surface area contributed by atoms with Gasteiger partial charge in [0.2, 0.25) is 0 Å². The van der Waals surface area contributed by atoms with Gasteiger partial charge in [0.05, 0.1) is 6.04 Å². The lowest BCUT2D eigenvalue weighted by Gasteiger charge is -2.35. The van der Waals surface area contributed by atoms with Crippen LogP contribution in [0.5, 0.6) is 0 Å². The van der Waals surface area contributed by atoms with E-state index in [4.69, 9.17) is 0 Å². The molecule has 1 heterocycles. The Morgan fingerprint density at radius 3 is 2.17 bits per heavy atom. The highest BCUT2D eigenvalue weighted by Crippen LogP contribution is 2.37. The minimum absolute atomic E-state index is 0.129. The molecule has 0 aromatic heterocycles. The summed E-state index contributed by atoms with van der Waals surface area (Å²) >= 11 is 0. The van der Waals surface area contributed by atoms with Crippen LogP contribution in [0, 0.1) is 0 Å². The van der Waals surface area contributed by atoms with Gasteiger partial charge in [-0.3, -0.25) is 16.0 Å². The maximum atomic E-state index is 9.68. The summed E-state index contributed by atoms with van der Waals surface area (Å²) in [6.45, 7) is 2.17. The second kappa shape index (κ2) is 7.44. The van der Waals surface area contributed by atoms with Crippen LogP contribution in [0.2, 0.25) is 0 Å². The van der Waals surface area contributed by atoms with Gasteiger partial charge < -0.3 is 0 Å². The van der Waals surface area contributed by atoms with Gasteiger partial charge in [-0.25, -0.2) is 0 Å². The smallest absolute Gasteiger partial charge is 0.0561 e. The largest absolute Gasteiger partial charge is 0.299 e. The normalized spacial score (nSPS) is 21.3. The van der Waals surface area contributed by atoms with Crippen LogP contribution in [0.3, 0.4) is 0 Å². The SMILES string of the molecule is CCCC1=C(NO)CC(c2ccccc2)NC1c1ccccc1. The fraction of sp³-hybridized carbons (Fsp3) is 0.300. The molecule has 0 radical (unpaired) electrons. The number of nitrogens with one attached hydrogen (secondary N) is 2. The van der Waals surface area contributed by atoms with Crippen molar-refractivity contribution in [3.63, 3.8) is 0 Å². The van der Waals surface area contributed by atoms with Crippen LogP contribution < -0.4 is 10.8 Å². The van der Waals surface area contributed by atoms with E-state index in [0.29, 0.717) is 0 Å². The van der Waals surface area contributed by atoms with Crippen LogP contribution in [-0.2, 0) is 0 Å². The zero-order valence-electron chi connectivity index (χ0n) is 13.5. The fourth-order valence-corrected chi connectivity index (χ4v) is 3.39. The second-order valence-electron chi connectivity index (χ2n) is 6.04. The molecule has 2 atom stereocenters. The molecule has 3 rings (SSSR count). The lowest BCUT2D eigenvalue weighted by atomic mass is 9.85. The maximum absolute atomic E-state index is 9.68. The van der Waals surface area contributed by atoms with E-state index in [0.717, 1.165) is 25.0 Å². The molecule has 120 valence electrons. The minimum Gasteiger partial charge on any atom is -0.299 e. The molecule has 0 bridgehead atoms. The van der Waals surface area contributed by atoms with E-state index in [9.17, 15) is 5.21 Å². The number of hydrogen-bond donors (Lipinski definition) is 3. The molecule has 1 aliphatic rings. The van der Waals surface area contributed by atoms with Crippen molar-refractivity contribution in [3.05, 3.63) is 83.1 Å². The van der Waals surface area contributed by atoms with Crippen LogP contribution in [0.15, 0.2) is 71.9 Å². The van der Waals surface area contributed by atoms with E-state index >= 15 is 0 Å². The summed E-state index contributed by atoms with van der Waals surface area (Å²) in [4.78, 5) is 0. The third-order valence-electron chi connectivity index (χ3n) is 4.50. The molecule has 0 saturated carbocycles. The van der Waals surface area contributed by atoms with E-state index in [-0.39, 0.29) is 12.1 Å². The summed E-state index contributed by atoms with van der Waals surface area (Å²) in [6.07, 6.45) is 2.80. The topological polar surface area (TPSA) is 44.3 Å². The van der Waals surface area contributed by atoms with Gasteiger partial charge >= 0.3 is 0 Å². The summed E-state index contributed by atoms with van der Waals surface area (Å²) in [5.74, 6) is 0. The van der Waals surface area contributed by atoms with Crippen molar-refractivity contribution in [2.24, 2.45) is 0 Å². The molecule has 2 aromatic rings. The van der Waals surface area contributed by atoms with Crippen LogP contribution in [0.25, 0.3) is 0 Å². The van der Waals surface area contributed by atoms with E-state index in [1.807, 2.05) is 12.1 Å². The Kier molecular flexibility index (Phi) is 5.11. The van der Waals surface area contributed by atoms with Crippen LogP contribution in [0.4, 0.5) is 0 Å². The Hall–Kier alpha value is -2.10. The Morgan fingerprint density at radius 1 is 1.00 bits per heavy atom. The van der Waals surface area contributed by atoms with Crippen molar-refractivity contribution in [3.8, 4) is 0 Å². The standard InChI is InChI=1S/C20H24N2O/c1-2-9-17-19(22-23)14-18(15-10-5-3-6-11-15)21-20(17)16-12-7-4-8-13-16/h3-8,10-13,18,20-23H,2,9,14H2,1H3. The molecule has 1 aliphatic heterocycles. The Labute approximate surface area is 138 Å². The lowest BCUT2D eigenvalue weighted by Crippen LogP contribution is -2.35. The quantitative estimate of drug-likeness (QED) is 0.713. The first-order valence-corrected chi connectivity index (χ1v) is 8.31. The zero-order chi connectivity index (χ0) is 16.1. The Morgan fingerprint density at radius 2 is 1.61 bits per heavy atom. The van der Waals surface area contributed by atoms with Gasteiger partial charge in [0.25, 0.3) is 0 Å². The third kappa shape index (κ3) is 3.46. The molecular weight excluding hydrogens is 284 g/mol. The van der Waals surface area contributed by atoms with Gasteiger partial charge in [0.1, 0.15) is 0 Å². The highest BCUT2D eigenvalue weighted by Gasteiger charge is 2.29. The number of rotatable bonds is 5. The molecule has 0 amide bonds. The van der Waals surface area contributed by atoms with Crippen molar-refractivity contribution >= 4 is 0 Å². The van der Waals surface area contributed by atoms with Gasteiger partial charge in [0, 0.05) is 18.2 Å². The first-order valence-electron chi connectivity index (χ1n) is 8.31. The first kappa shape index (κ1) is 15.8. The van der Waals surface area contributed by atoms with Crippen molar-refractivity contribution in [2.45, 2.75) is 38.3 Å². The lowest BCUT2D eigenvalue weighted by molar-refractivity contribution is 0.184. The van der Waals surface area contributed by atoms with E-state index < -0.39 is 0 Å². The van der Waals surface area contributed by atoms with Crippen molar-refractivity contribution < 1.29 is 5.21 Å². The molecule has 0 saturated heterocycles. The average molecular weight is 308 g/mol. The van der Waals surface area contributed by atoms with Gasteiger partial charge in [0.15, 0.2) is 0 Å². The van der Waals surface area contributed by atoms with Crippen molar-refractivity contribution in [1.29, 1.82) is 0 Å². The Bertz CT molecular complexity index is 652. The van der Waals surface area contributed by atoms with Gasteiger partial charge in [-0.05, 0) is 23.1 Å². The highest BCUT2D eigenvalue weighted by atomic mass is 16.5. The number of hydrogen-bond acceptors (Lipinski definition) is 3. The molecule has 0 spiro atoms. The van der Waals surface area contributed by atoms with Crippen LogP contribution in [0.1, 0.15) is 49.4 Å². The summed E-state index contributed by atoms with van der Waals surface area (Å²) in [6, 6.07) is 21.2. The molecule has 2 unspecified atom stereocenters. The van der Waals surface area contributed by atoms with Gasteiger partial charge in [-0.2, -0.15) is 0 Å². The van der Waals surface area contributed by atoms with E-state index in [1.54, 1.807) is 0 Å². The Balaban J connectivity index is 1.99. The van der Waals surface area contributed by atoms with Gasteiger partial charge in [-0.1, -0.05) is 74.0 Å². The third-order valence-corrected chi connectivity index (χ3v) is 4.50. The number of benzene rings is 2.